The number of hydrogen-bond donors (Lipinski definition) is 1. The Kier molecular flexibility index (Phi) is 4.23. The number of nitrogens with zero attached hydrogens (tertiary/aromatic N) is 1. The van der Waals surface area contributed by atoms with E-state index in [1.807, 2.05) is 0 Å². The lowest BCUT2D eigenvalue weighted by molar-refractivity contribution is -0.385. The van der Waals surface area contributed by atoms with E-state index in [0.29, 0.717) is 11.1 Å². The van der Waals surface area contributed by atoms with Gasteiger partial charge in [-0.2, -0.15) is 0 Å². The maximum atomic E-state index is 13.1. The van der Waals surface area contributed by atoms with Gasteiger partial charge in [0.05, 0.1) is 4.92 Å². The lowest BCUT2D eigenvalue weighted by Gasteiger charge is -2.09. The number of nitro benzene ring substituents is 1. The number of halogens is 2. The van der Waals surface area contributed by atoms with Crippen LogP contribution in [0, 0.1) is 28.7 Å². The molecule has 0 heterocycles. The molecule has 0 bridgehead atoms. The van der Waals surface area contributed by atoms with Gasteiger partial charge in [0.1, 0.15) is 16.6 Å². The number of hydrogen-bond acceptors (Lipinski definition) is 3. The fourth-order valence-corrected chi connectivity index (χ4v) is 2.08. The first-order chi connectivity index (χ1) is 9.86. The predicted molar refractivity (Wildman–Crippen MR) is 79.5 cm³/mol. The fraction of sp³-hybridized carbons (Fsp3) is 0.0714. The summed E-state index contributed by atoms with van der Waals surface area (Å²) in [6, 6.07) is 7.33. The molecule has 2 aromatic rings. The van der Waals surface area contributed by atoms with Gasteiger partial charge in [0.2, 0.25) is 0 Å². The standard InChI is InChI=1S/C14H10F2N2O2S/c1-8-4-9(2-3-13(8)18(19)20)14(21)17-12-6-10(15)5-11(16)7-12/h2-7H,1H3,(H,17,21). The Hall–Kier alpha value is -2.41. The largest absolute Gasteiger partial charge is 0.346 e. The fourth-order valence-electron chi connectivity index (χ4n) is 1.83. The molecular formula is C14H10F2N2O2S. The third-order valence-corrected chi connectivity index (χ3v) is 3.11. The van der Waals surface area contributed by atoms with Crippen molar-refractivity contribution < 1.29 is 13.7 Å². The van der Waals surface area contributed by atoms with Crippen molar-refractivity contribution in [1.82, 2.24) is 0 Å². The van der Waals surface area contributed by atoms with E-state index in [0.717, 1.165) is 18.2 Å². The highest BCUT2D eigenvalue weighted by Crippen LogP contribution is 2.20. The molecule has 21 heavy (non-hydrogen) atoms. The average molecular weight is 308 g/mol. The van der Waals surface area contributed by atoms with Gasteiger partial charge in [-0.05, 0) is 31.2 Å². The second kappa shape index (κ2) is 5.92. The first-order valence-corrected chi connectivity index (χ1v) is 6.30. The minimum Gasteiger partial charge on any atom is -0.346 e. The minimum absolute atomic E-state index is 0.0154. The highest BCUT2D eigenvalue weighted by Gasteiger charge is 2.12. The van der Waals surface area contributed by atoms with Gasteiger partial charge in [-0.3, -0.25) is 10.1 Å². The van der Waals surface area contributed by atoms with E-state index in [4.69, 9.17) is 12.2 Å². The van der Waals surface area contributed by atoms with Crippen molar-refractivity contribution in [2.24, 2.45) is 0 Å². The van der Waals surface area contributed by atoms with Gasteiger partial charge in [-0.15, -0.1) is 0 Å². The molecule has 0 aliphatic rings. The van der Waals surface area contributed by atoms with Crippen molar-refractivity contribution in [2.75, 3.05) is 5.32 Å². The van der Waals surface area contributed by atoms with Crippen molar-refractivity contribution in [2.45, 2.75) is 6.92 Å². The van der Waals surface area contributed by atoms with Crippen LogP contribution in [-0.2, 0) is 0 Å². The summed E-state index contributed by atoms with van der Waals surface area (Å²) in [4.78, 5) is 10.5. The zero-order valence-electron chi connectivity index (χ0n) is 10.9. The number of aryl methyl sites for hydroxylation is 1. The Morgan fingerprint density at radius 1 is 1.19 bits per heavy atom. The molecule has 0 saturated heterocycles. The molecule has 7 heteroatoms. The number of rotatable bonds is 3. The van der Waals surface area contributed by atoms with Crippen molar-refractivity contribution in [3.63, 3.8) is 0 Å². The third-order valence-electron chi connectivity index (χ3n) is 2.78. The Labute approximate surface area is 124 Å². The molecule has 0 radical (unpaired) electrons. The molecule has 2 aromatic carbocycles. The van der Waals surface area contributed by atoms with Crippen molar-refractivity contribution in [1.29, 1.82) is 0 Å². The Bertz CT molecular complexity index is 715. The SMILES string of the molecule is Cc1cc(C(=S)Nc2cc(F)cc(F)c2)ccc1[N+](=O)[O-]. The Balaban J connectivity index is 2.24. The molecule has 0 fully saturated rings. The number of thiocarbonyl (C=S) groups is 1. The molecular weight excluding hydrogens is 298 g/mol. The van der Waals surface area contributed by atoms with Crippen molar-refractivity contribution in [3.8, 4) is 0 Å². The summed E-state index contributed by atoms with van der Waals surface area (Å²) in [7, 11) is 0. The lowest BCUT2D eigenvalue weighted by atomic mass is 10.1. The van der Waals surface area contributed by atoms with Crippen LogP contribution in [0.5, 0.6) is 0 Å². The number of anilines is 1. The van der Waals surface area contributed by atoms with E-state index in [9.17, 15) is 18.9 Å². The maximum Gasteiger partial charge on any atom is 0.272 e. The van der Waals surface area contributed by atoms with Crippen LogP contribution in [0.25, 0.3) is 0 Å². The van der Waals surface area contributed by atoms with Crippen LogP contribution in [0.1, 0.15) is 11.1 Å². The highest BCUT2D eigenvalue weighted by molar-refractivity contribution is 7.81. The number of benzene rings is 2. The van der Waals surface area contributed by atoms with Gasteiger partial charge in [0, 0.05) is 28.9 Å². The van der Waals surface area contributed by atoms with Gasteiger partial charge in [-0.25, -0.2) is 8.78 Å². The zero-order chi connectivity index (χ0) is 15.6. The monoisotopic (exact) mass is 308 g/mol. The van der Waals surface area contributed by atoms with Gasteiger partial charge in [0.15, 0.2) is 0 Å². The van der Waals surface area contributed by atoms with E-state index in [1.165, 1.54) is 12.1 Å². The Morgan fingerprint density at radius 3 is 2.33 bits per heavy atom. The van der Waals surface area contributed by atoms with Crippen LogP contribution in [-0.4, -0.2) is 9.91 Å². The van der Waals surface area contributed by atoms with E-state index in [2.05, 4.69) is 5.32 Å². The van der Waals surface area contributed by atoms with Crippen molar-refractivity contribution >= 4 is 28.6 Å². The predicted octanol–water partition coefficient (Wildman–Crippen LogP) is 3.97. The van der Waals surface area contributed by atoms with Crippen LogP contribution in [0.3, 0.4) is 0 Å². The highest BCUT2D eigenvalue weighted by atomic mass is 32.1. The van der Waals surface area contributed by atoms with Gasteiger partial charge < -0.3 is 5.32 Å². The summed E-state index contributed by atoms with van der Waals surface area (Å²) >= 11 is 5.13. The van der Waals surface area contributed by atoms with E-state index < -0.39 is 16.6 Å². The smallest absolute Gasteiger partial charge is 0.272 e. The van der Waals surface area contributed by atoms with E-state index in [-0.39, 0.29) is 16.4 Å². The normalized spacial score (nSPS) is 10.2. The van der Waals surface area contributed by atoms with Crippen LogP contribution in [0.4, 0.5) is 20.2 Å². The average Bonchev–Trinajstić information content (AvgIpc) is 2.36. The number of nitro groups is 1. The van der Waals surface area contributed by atoms with Crippen molar-refractivity contribution in [3.05, 3.63) is 69.3 Å². The van der Waals surface area contributed by atoms with Crippen LogP contribution < -0.4 is 5.32 Å². The first kappa shape index (κ1) is 15.0. The third kappa shape index (κ3) is 3.57. The molecule has 0 spiro atoms. The molecule has 0 unspecified atom stereocenters. The topological polar surface area (TPSA) is 55.2 Å². The summed E-state index contributed by atoms with van der Waals surface area (Å²) in [6.07, 6.45) is 0. The van der Waals surface area contributed by atoms with Crippen LogP contribution in [0.15, 0.2) is 36.4 Å². The molecule has 2 rings (SSSR count). The van der Waals surface area contributed by atoms with Gasteiger partial charge in [0.25, 0.3) is 5.69 Å². The number of nitrogens with one attached hydrogen (secondary N) is 1. The second-order valence-corrected chi connectivity index (χ2v) is 4.78. The van der Waals surface area contributed by atoms with Gasteiger partial charge >= 0.3 is 0 Å². The van der Waals surface area contributed by atoms with E-state index >= 15 is 0 Å². The molecule has 1 N–H and O–H groups in total. The summed E-state index contributed by atoms with van der Waals surface area (Å²) in [6.45, 7) is 1.59. The molecule has 0 atom stereocenters. The molecule has 0 aliphatic heterocycles. The van der Waals surface area contributed by atoms with Gasteiger partial charge in [-0.1, -0.05) is 12.2 Å². The summed E-state index contributed by atoms with van der Waals surface area (Å²) < 4.78 is 26.2. The van der Waals surface area contributed by atoms with Crippen LogP contribution >= 0.6 is 12.2 Å². The minimum atomic E-state index is -0.722. The molecule has 108 valence electrons. The Morgan fingerprint density at radius 2 is 1.81 bits per heavy atom. The summed E-state index contributed by atoms with van der Waals surface area (Å²) in [5.41, 5.74) is 1.14. The second-order valence-electron chi connectivity index (χ2n) is 4.37. The quantitative estimate of drug-likeness (QED) is 0.529. The maximum absolute atomic E-state index is 13.1. The van der Waals surface area contributed by atoms with E-state index in [1.54, 1.807) is 13.0 Å². The first-order valence-electron chi connectivity index (χ1n) is 5.89. The molecule has 4 nitrogen and oxygen atoms in total. The molecule has 0 saturated carbocycles. The molecule has 0 amide bonds. The lowest BCUT2D eigenvalue weighted by Crippen LogP contribution is -2.11. The summed E-state index contributed by atoms with van der Waals surface area (Å²) in [5, 5.41) is 13.4. The summed E-state index contributed by atoms with van der Waals surface area (Å²) in [5.74, 6) is -1.44. The zero-order valence-corrected chi connectivity index (χ0v) is 11.7. The molecule has 0 aromatic heterocycles. The van der Waals surface area contributed by atoms with Crippen LogP contribution in [0.2, 0.25) is 0 Å². The molecule has 0 aliphatic carbocycles.